The Morgan fingerprint density at radius 1 is 1.04 bits per heavy atom. The Kier molecular flexibility index (Phi) is 4.51. The van der Waals surface area contributed by atoms with Crippen molar-refractivity contribution in [3.63, 3.8) is 0 Å². The van der Waals surface area contributed by atoms with Crippen molar-refractivity contribution in [3.05, 3.63) is 58.7 Å². The Labute approximate surface area is 140 Å². The molecule has 0 aromatic heterocycles. The van der Waals surface area contributed by atoms with E-state index in [1.807, 2.05) is 18.2 Å². The van der Waals surface area contributed by atoms with E-state index in [4.69, 9.17) is 5.41 Å². The van der Waals surface area contributed by atoms with Crippen LogP contribution in [0.4, 0.5) is 0 Å². The van der Waals surface area contributed by atoms with Gasteiger partial charge < -0.3 is 15.5 Å². The third kappa shape index (κ3) is 3.40. The molecule has 0 atom stereocenters. The molecule has 0 aliphatic heterocycles. The normalized spacial score (nSPS) is 12.7. The molecule has 1 amide bonds. The molecule has 0 unspecified atom stereocenters. The zero-order valence-electron chi connectivity index (χ0n) is 13.3. The number of aryl methyl sites for hydroxylation is 2. The molecule has 0 bridgehead atoms. The quantitative estimate of drug-likeness (QED) is 0.502. The number of rotatable bonds is 5. The van der Waals surface area contributed by atoms with Gasteiger partial charge in [-0.15, -0.1) is 0 Å². The second kappa shape index (κ2) is 6.74. The maximum Gasteiger partial charge on any atom is 0.269 e. The number of amides is 1. The van der Waals surface area contributed by atoms with Gasteiger partial charge in [0.25, 0.3) is 5.91 Å². The van der Waals surface area contributed by atoms with Crippen molar-refractivity contribution >= 4 is 11.6 Å². The highest BCUT2D eigenvalue weighted by atomic mass is 16.3. The fourth-order valence-corrected chi connectivity index (χ4v) is 2.99. The standard InChI is InChI=1S/C19H20N2O3/c20-18(15-6-5-13-2-1-3-14(13)11-15)19(24)21-9-8-12-4-7-16(22)17(23)10-12/h4-7,10-11,20,22-23H,1-3,8-9H2,(H,21,24). The summed E-state index contributed by atoms with van der Waals surface area (Å²) in [6.07, 6.45) is 3.74. The summed E-state index contributed by atoms with van der Waals surface area (Å²) in [4.78, 5) is 12.1. The Balaban J connectivity index is 1.56. The average Bonchev–Trinajstić information content (AvgIpc) is 3.05. The first kappa shape index (κ1) is 16.1. The van der Waals surface area contributed by atoms with Crippen LogP contribution in [0.25, 0.3) is 0 Å². The van der Waals surface area contributed by atoms with Crippen LogP contribution in [0.3, 0.4) is 0 Å². The largest absolute Gasteiger partial charge is 0.504 e. The number of phenolic OH excluding ortho intramolecular Hbond substituents is 2. The summed E-state index contributed by atoms with van der Waals surface area (Å²) in [5, 5.41) is 29.5. The lowest BCUT2D eigenvalue weighted by Crippen LogP contribution is -2.32. The third-order valence-corrected chi connectivity index (χ3v) is 4.35. The fraction of sp³-hybridized carbons (Fsp3) is 0.263. The molecular formula is C19H20N2O3. The van der Waals surface area contributed by atoms with E-state index in [1.54, 1.807) is 6.07 Å². The second-order valence-corrected chi connectivity index (χ2v) is 6.04. The molecule has 0 heterocycles. The van der Waals surface area contributed by atoms with Crippen molar-refractivity contribution in [2.24, 2.45) is 0 Å². The van der Waals surface area contributed by atoms with Crippen LogP contribution in [-0.2, 0) is 24.1 Å². The number of phenols is 2. The van der Waals surface area contributed by atoms with Crippen LogP contribution >= 0.6 is 0 Å². The molecule has 24 heavy (non-hydrogen) atoms. The van der Waals surface area contributed by atoms with Crippen molar-refractivity contribution in [2.75, 3.05) is 6.54 Å². The Morgan fingerprint density at radius 3 is 2.62 bits per heavy atom. The maximum atomic E-state index is 12.1. The minimum atomic E-state index is -0.407. The lowest BCUT2D eigenvalue weighted by atomic mass is 10.0. The lowest BCUT2D eigenvalue weighted by molar-refractivity contribution is -0.114. The number of carbonyl (C=O) groups is 1. The van der Waals surface area contributed by atoms with Crippen LogP contribution in [0, 0.1) is 5.41 Å². The summed E-state index contributed by atoms with van der Waals surface area (Å²) in [5.74, 6) is -0.748. The number of benzene rings is 2. The highest BCUT2D eigenvalue weighted by molar-refractivity contribution is 6.44. The van der Waals surface area contributed by atoms with E-state index in [2.05, 4.69) is 5.32 Å². The van der Waals surface area contributed by atoms with Crippen LogP contribution < -0.4 is 5.32 Å². The molecule has 0 saturated heterocycles. The molecule has 3 rings (SSSR count). The summed E-state index contributed by atoms with van der Waals surface area (Å²) in [6.45, 7) is 0.358. The molecule has 0 fully saturated rings. The minimum absolute atomic E-state index is 0.0294. The number of carbonyl (C=O) groups excluding carboxylic acids is 1. The molecular weight excluding hydrogens is 304 g/mol. The van der Waals surface area contributed by atoms with Crippen molar-refractivity contribution in [2.45, 2.75) is 25.7 Å². The summed E-state index contributed by atoms with van der Waals surface area (Å²) in [6, 6.07) is 10.4. The minimum Gasteiger partial charge on any atom is -0.504 e. The highest BCUT2D eigenvalue weighted by Crippen LogP contribution is 2.25. The zero-order valence-corrected chi connectivity index (χ0v) is 13.3. The van der Waals surface area contributed by atoms with Crippen LogP contribution in [0.5, 0.6) is 11.5 Å². The third-order valence-electron chi connectivity index (χ3n) is 4.35. The van der Waals surface area contributed by atoms with Crippen LogP contribution in [0.2, 0.25) is 0 Å². The molecule has 4 N–H and O–H groups in total. The molecule has 2 aromatic carbocycles. The summed E-state index contributed by atoms with van der Waals surface area (Å²) < 4.78 is 0. The van der Waals surface area contributed by atoms with E-state index in [0.717, 1.165) is 24.8 Å². The van der Waals surface area contributed by atoms with E-state index in [-0.39, 0.29) is 17.2 Å². The summed E-state index contributed by atoms with van der Waals surface area (Å²) in [5.41, 5.74) is 3.98. The van der Waals surface area contributed by atoms with Gasteiger partial charge in [-0.2, -0.15) is 0 Å². The molecule has 1 aliphatic rings. The summed E-state index contributed by atoms with van der Waals surface area (Å²) >= 11 is 0. The van der Waals surface area contributed by atoms with Gasteiger partial charge in [-0.05, 0) is 60.6 Å². The van der Waals surface area contributed by atoms with E-state index in [1.165, 1.54) is 23.3 Å². The van der Waals surface area contributed by atoms with Gasteiger partial charge in [0.15, 0.2) is 11.5 Å². The Bertz CT molecular complexity index is 799. The molecule has 5 nitrogen and oxygen atoms in total. The van der Waals surface area contributed by atoms with Gasteiger partial charge in [0.1, 0.15) is 5.71 Å². The van der Waals surface area contributed by atoms with Crippen molar-refractivity contribution in [3.8, 4) is 11.5 Å². The van der Waals surface area contributed by atoms with Crippen LogP contribution in [-0.4, -0.2) is 28.4 Å². The predicted octanol–water partition coefficient (Wildman–Crippen LogP) is 2.31. The van der Waals surface area contributed by atoms with Crippen LogP contribution in [0.1, 0.15) is 28.7 Å². The Morgan fingerprint density at radius 2 is 1.83 bits per heavy atom. The molecule has 0 saturated carbocycles. The maximum absolute atomic E-state index is 12.1. The monoisotopic (exact) mass is 324 g/mol. The number of hydrogen-bond acceptors (Lipinski definition) is 4. The van der Waals surface area contributed by atoms with Crippen molar-refractivity contribution < 1.29 is 15.0 Å². The Hall–Kier alpha value is -2.82. The first-order chi connectivity index (χ1) is 11.5. The van der Waals surface area contributed by atoms with Gasteiger partial charge >= 0.3 is 0 Å². The first-order valence-corrected chi connectivity index (χ1v) is 8.04. The molecule has 0 radical (unpaired) electrons. The topological polar surface area (TPSA) is 93.4 Å². The number of fused-ring (bicyclic) bond motifs is 1. The molecule has 2 aromatic rings. The van der Waals surface area contributed by atoms with E-state index in [9.17, 15) is 15.0 Å². The SMILES string of the molecule is N=C(C(=O)NCCc1ccc(O)c(O)c1)c1ccc2c(c1)CCC2. The smallest absolute Gasteiger partial charge is 0.269 e. The molecule has 1 aliphatic carbocycles. The van der Waals surface area contributed by atoms with Crippen molar-refractivity contribution in [1.82, 2.24) is 5.32 Å². The predicted molar refractivity (Wildman–Crippen MR) is 91.8 cm³/mol. The molecule has 0 spiro atoms. The molecule has 5 heteroatoms. The number of aromatic hydroxyl groups is 2. The highest BCUT2D eigenvalue weighted by Gasteiger charge is 2.16. The van der Waals surface area contributed by atoms with E-state index < -0.39 is 5.91 Å². The number of hydrogen-bond donors (Lipinski definition) is 4. The van der Waals surface area contributed by atoms with Crippen LogP contribution in [0.15, 0.2) is 36.4 Å². The van der Waals surface area contributed by atoms with Crippen molar-refractivity contribution in [1.29, 1.82) is 5.41 Å². The van der Waals surface area contributed by atoms with Gasteiger partial charge in [0.2, 0.25) is 0 Å². The zero-order chi connectivity index (χ0) is 17.1. The summed E-state index contributed by atoms with van der Waals surface area (Å²) in [7, 11) is 0. The fourth-order valence-electron chi connectivity index (χ4n) is 2.99. The number of nitrogens with one attached hydrogen (secondary N) is 2. The van der Waals surface area contributed by atoms with Gasteiger partial charge in [0, 0.05) is 12.1 Å². The molecule has 124 valence electrons. The van der Waals surface area contributed by atoms with Gasteiger partial charge in [0.05, 0.1) is 0 Å². The van der Waals surface area contributed by atoms with Gasteiger partial charge in [-0.25, -0.2) is 0 Å². The van der Waals surface area contributed by atoms with Gasteiger partial charge in [-0.1, -0.05) is 18.2 Å². The average molecular weight is 324 g/mol. The lowest BCUT2D eigenvalue weighted by Gasteiger charge is -2.09. The van der Waals surface area contributed by atoms with E-state index >= 15 is 0 Å². The van der Waals surface area contributed by atoms with Gasteiger partial charge in [-0.3, -0.25) is 10.2 Å². The van der Waals surface area contributed by atoms with E-state index in [0.29, 0.717) is 18.5 Å². The first-order valence-electron chi connectivity index (χ1n) is 8.04. The second-order valence-electron chi connectivity index (χ2n) is 6.04.